The Kier molecular flexibility index (Phi) is 5.23. The van der Waals surface area contributed by atoms with E-state index in [1.54, 1.807) is 35.2 Å². The van der Waals surface area contributed by atoms with E-state index in [0.29, 0.717) is 29.6 Å². The number of nitriles is 1. The Morgan fingerprint density at radius 2 is 2.24 bits per heavy atom. The number of aryl methyl sites for hydroxylation is 1. The third-order valence-electron chi connectivity index (χ3n) is 3.62. The molecule has 7 heteroatoms. The maximum absolute atomic E-state index is 10.1. The van der Waals surface area contributed by atoms with Crippen LogP contribution in [0.2, 0.25) is 0 Å². The summed E-state index contributed by atoms with van der Waals surface area (Å²) < 4.78 is 12.2. The van der Waals surface area contributed by atoms with Crippen LogP contribution in [0.25, 0.3) is 11.4 Å². The van der Waals surface area contributed by atoms with Crippen molar-refractivity contribution in [3.63, 3.8) is 0 Å². The molecule has 128 valence electrons. The molecule has 2 aromatic heterocycles. The molecule has 3 rings (SSSR count). The lowest BCUT2D eigenvalue weighted by Gasteiger charge is -2.11. The molecule has 0 bridgehead atoms. The standard InChI is InChI=1S/C18H18N4O3/c1-13-20-18(15-5-2-4-14(8-15)9-19)21-22(13)10-16(23)11-24-12-17-6-3-7-25-17/h2-8,16,23H,10-12H2,1H3. The van der Waals surface area contributed by atoms with Crippen molar-refractivity contribution in [3.8, 4) is 17.5 Å². The summed E-state index contributed by atoms with van der Waals surface area (Å²) in [5.74, 6) is 1.92. The quantitative estimate of drug-likeness (QED) is 0.710. The fourth-order valence-electron chi connectivity index (χ4n) is 2.39. The van der Waals surface area contributed by atoms with Gasteiger partial charge in [0.05, 0.1) is 37.2 Å². The molecule has 0 aliphatic carbocycles. The van der Waals surface area contributed by atoms with Crippen LogP contribution in [0.4, 0.5) is 0 Å². The zero-order valence-corrected chi connectivity index (χ0v) is 13.8. The van der Waals surface area contributed by atoms with Crippen LogP contribution in [-0.4, -0.2) is 32.6 Å². The normalized spacial score (nSPS) is 12.0. The summed E-state index contributed by atoms with van der Waals surface area (Å²) in [7, 11) is 0. The molecule has 0 radical (unpaired) electrons. The lowest BCUT2D eigenvalue weighted by Crippen LogP contribution is -2.23. The molecule has 1 unspecified atom stereocenters. The van der Waals surface area contributed by atoms with E-state index < -0.39 is 6.10 Å². The average molecular weight is 338 g/mol. The van der Waals surface area contributed by atoms with E-state index in [0.717, 1.165) is 5.56 Å². The monoisotopic (exact) mass is 338 g/mol. The van der Waals surface area contributed by atoms with Crippen molar-refractivity contribution < 1.29 is 14.3 Å². The molecule has 0 amide bonds. The summed E-state index contributed by atoms with van der Waals surface area (Å²) in [6, 6.07) is 12.8. The topological polar surface area (TPSA) is 97.1 Å². The molecule has 0 saturated carbocycles. The van der Waals surface area contributed by atoms with Gasteiger partial charge < -0.3 is 14.3 Å². The number of furan rings is 1. The van der Waals surface area contributed by atoms with E-state index in [4.69, 9.17) is 14.4 Å². The fourth-order valence-corrected chi connectivity index (χ4v) is 2.39. The van der Waals surface area contributed by atoms with Crippen LogP contribution in [0.3, 0.4) is 0 Å². The molecule has 0 fully saturated rings. The van der Waals surface area contributed by atoms with Gasteiger partial charge in [0.15, 0.2) is 5.82 Å². The minimum absolute atomic E-state index is 0.166. The molecule has 2 heterocycles. The van der Waals surface area contributed by atoms with Crippen LogP contribution in [0.5, 0.6) is 0 Å². The Morgan fingerprint density at radius 3 is 3.00 bits per heavy atom. The number of rotatable bonds is 7. The highest BCUT2D eigenvalue weighted by molar-refractivity contribution is 5.57. The molecule has 0 spiro atoms. The van der Waals surface area contributed by atoms with Gasteiger partial charge in [-0.15, -0.1) is 0 Å². The minimum Gasteiger partial charge on any atom is -0.467 e. The van der Waals surface area contributed by atoms with Crippen molar-refractivity contribution in [2.24, 2.45) is 0 Å². The largest absolute Gasteiger partial charge is 0.467 e. The molecule has 7 nitrogen and oxygen atoms in total. The Hall–Kier alpha value is -2.95. The van der Waals surface area contributed by atoms with Gasteiger partial charge >= 0.3 is 0 Å². The number of aliphatic hydroxyl groups is 1. The van der Waals surface area contributed by atoms with Crippen molar-refractivity contribution in [3.05, 3.63) is 59.8 Å². The van der Waals surface area contributed by atoms with Gasteiger partial charge in [0.2, 0.25) is 0 Å². The Balaban J connectivity index is 1.61. The van der Waals surface area contributed by atoms with Crippen LogP contribution in [-0.2, 0) is 17.9 Å². The molecule has 1 atom stereocenters. The van der Waals surface area contributed by atoms with Gasteiger partial charge in [-0.3, -0.25) is 0 Å². The van der Waals surface area contributed by atoms with E-state index in [2.05, 4.69) is 16.2 Å². The predicted molar refractivity (Wildman–Crippen MR) is 89.3 cm³/mol. The second kappa shape index (κ2) is 7.75. The number of ether oxygens (including phenoxy) is 1. The molecule has 0 aliphatic rings. The first kappa shape index (κ1) is 16.9. The highest BCUT2D eigenvalue weighted by atomic mass is 16.5. The van der Waals surface area contributed by atoms with E-state index in [9.17, 15) is 5.11 Å². The lowest BCUT2D eigenvalue weighted by atomic mass is 10.1. The first-order valence-corrected chi connectivity index (χ1v) is 7.86. The molecule has 1 aromatic carbocycles. The second-order valence-electron chi connectivity index (χ2n) is 5.61. The van der Waals surface area contributed by atoms with Crippen LogP contribution in [0, 0.1) is 18.3 Å². The molecule has 3 aromatic rings. The van der Waals surface area contributed by atoms with Gasteiger partial charge in [0.25, 0.3) is 0 Å². The van der Waals surface area contributed by atoms with Crippen molar-refractivity contribution in [2.75, 3.05) is 6.61 Å². The van der Waals surface area contributed by atoms with E-state index in [1.807, 2.05) is 19.1 Å². The molecule has 0 saturated heterocycles. The number of aliphatic hydroxyl groups excluding tert-OH is 1. The van der Waals surface area contributed by atoms with E-state index in [1.165, 1.54) is 0 Å². The Morgan fingerprint density at radius 1 is 1.36 bits per heavy atom. The van der Waals surface area contributed by atoms with Crippen LogP contribution < -0.4 is 0 Å². The third-order valence-corrected chi connectivity index (χ3v) is 3.62. The predicted octanol–water partition coefficient (Wildman–Crippen LogP) is 2.30. The first-order valence-electron chi connectivity index (χ1n) is 7.86. The number of aromatic nitrogens is 3. The average Bonchev–Trinajstić information content (AvgIpc) is 3.25. The van der Waals surface area contributed by atoms with Crippen molar-refractivity contribution in [1.82, 2.24) is 14.8 Å². The van der Waals surface area contributed by atoms with Gasteiger partial charge in [-0.2, -0.15) is 10.4 Å². The summed E-state index contributed by atoms with van der Waals surface area (Å²) in [5.41, 5.74) is 1.32. The minimum atomic E-state index is -0.714. The van der Waals surface area contributed by atoms with Crippen LogP contribution >= 0.6 is 0 Å². The van der Waals surface area contributed by atoms with Crippen molar-refractivity contribution in [1.29, 1.82) is 5.26 Å². The number of benzene rings is 1. The smallest absolute Gasteiger partial charge is 0.181 e. The first-order chi connectivity index (χ1) is 12.2. The van der Waals surface area contributed by atoms with E-state index in [-0.39, 0.29) is 13.2 Å². The molecular weight excluding hydrogens is 320 g/mol. The van der Waals surface area contributed by atoms with Gasteiger partial charge in [0.1, 0.15) is 18.2 Å². The lowest BCUT2D eigenvalue weighted by molar-refractivity contribution is 0.0128. The molecular formula is C18H18N4O3. The van der Waals surface area contributed by atoms with Crippen LogP contribution in [0.1, 0.15) is 17.1 Å². The molecule has 1 N–H and O–H groups in total. The van der Waals surface area contributed by atoms with Gasteiger partial charge in [-0.05, 0) is 31.2 Å². The zero-order chi connectivity index (χ0) is 17.6. The fraction of sp³-hybridized carbons (Fsp3) is 0.278. The summed E-state index contributed by atoms with van der Waals surface area (Å²) in [4.78, 5) is 4.41. The highest BCUT2D eigenvalue weighted by Gasteiger charge is 2.13. The molecule has 25 heavy (non-hydrogen) atoms. The number of nitrogens with zero attached hydrogens (tertiary/aromatic N) is 4. The van der Waals surface area contributed by atoms with Crippen molar-refractivity contribution in [2.45, 2.75) is 26.2 Å². The third kappa shape index (κ3) is 4.32. The summed E-state index contributed by atoms with van der Waals surface area (Å²) in [6.07, 6.45) is 0.866. The maximum atomic E-state index is 10.1. The summed E-state index contributed by atoms with van der Waals surface area (Å²) in [6.45, 7) is 2.57. The van der Waals surface area contributed by atoms with Crippen LogP contribution in [0.15, 0.2) is 47.1 Å². The Bertz CT molecular complexity index is 865. The number of hydrogen-bond acceptors (Lipinski definition) is 6. The molecule has 0 aliphatic heterocycles. The Labute approximate surface area is 145 Å². The zero-order valence-electron chi connectivity index (χ0n) is 13.8. The van der Waals surface area contributed by atoms with Gasteiger partial charge in [0, 0.05) is 5.56 Å². The van der Waals surface area contributed by atoms with Crippen molar-refractivity contribution >= 4 is 0 Å². The van der Waals surface area contributed by atoms with Gasteiger partial charge in [-0.1, -0.05) is 12.1 Å². The summed E-state index contributed by atoms with van der Waals surface area (Å²) in [5, 5.41) is 23.5. The van der Waals surface area contributed by atoms with Gasteiger partial charge in [-0.25, -0.2) is 9.67 Å². The summed E-state index contributed by atoms with van der Waals surface area (Å²) >= 11 is 0. The number of hydrogen-bond donors (Lipinski definition) is 1. The highest BCUT2D eigenvalue weighted by Crippen LogP contribution is 2.17. The second-order valence-corrected chi connectivity index (χ2v) is 5.61. The maximum Gasteiger partial charge on any atom is 0.181 e. The SMILES string of the molecule is Cc1nc(-c2cccc(C#N)c2)nn1CC(O)COCc1ccco1. The van der Waals surface area contributed by atoms with E-state index >= 15 is 0 Å².